The first kappa shape index (κ1) is 15.8. The van der Waals surface area contributed by atoms with Gasteiger partial charge in [-0.15, -0.1) is 0 Å². The van der Waals surface area contributed by atoms with Crippen LogP contribution in [0.1, 0.15) is 49.0 Å². The first-order valence-electron chi connectivity index (χ1n) is 7.79. The Balaban J connectivity index is 2.11. The molecular weight excluding hydrogens is 264 g/mol. The Labute approximate surface area is 127 Å². The van der Waals surface area contributed by atoms with Crippen LogP contribution in [0.3, 0.4) is 0 Å². The molecule has 4 heteroatoms. The van der Waals surface area contributed by atoms with Gasteiger partial charge in [0.05, 0.1) is 5.60 Å². The summed E-state index contributed by atoms with van der Waals surface area (Å²) in [4.78, 5) is 14.5. The van der Waals surface area contributed by atoms with Crippen molar-refractivity contribution in [1.29, 1.82) is 0 Å². The lowest BCUT2D eigenvalue weighted by atomic mass is 9.98. The van der Waals surface area contributed by atoms with Crippen molar-refractivity contribution in [3.8, 4) is 0 Å². The maximum Gasteiger partial charge on any atom is 0.253 e. The van der Waals surface area contributed by atoms with Gasteiger partial charge in [0.15, 0.2) is 0 Å². The van der Waals surface area contributed by atoms with Crippen LogP contribution in [0, 0.1) is 6.92 Å². The lowest BCUT2D eigenvalue weighted by Crippen LogP contribution is -2.33. The minimum Gasteiger partial charge on any atom is -0.390 e. The Morgan fingerprint density at radius 2 is 2.14 bits per heavy atom. The monoisotopic (exact) mass is 290 g/mol. The molecule has 1 aliphatic heterocycles. The highest BCUT2D eigenvalue weighted by molar-refractivity contribution is 5.95. The quantitative estimate of drug-likeness (QED) is 0.900. The van der Waals surface area contributed by atoms with E-state index in [9.17, 15) is 9.90 Å². The van der Waals surface area contributed by atoms with Crippen LogP contribution < -0.4 is 5.32 Å². The van der Waals surface area contributed by atoms with Gasteiger partial charge in [0.2, 0.25) is 0 Å². The number of carbonyl (C=O) groups is 1. The van der Waals surface area contributed by atoms with Crippen LogP contribution in [-0.2, 0) is 0 Å². The van der Waals surface area contributed by atoms with E-state index in [2.05, 4.69) is 12.2 Å². The number of carbonyl (C=O) groups excluding carboxylic acids is 1. The number of hydrogen-bond donors (Lipinski definition) is 2. The lowest BCUT2D eigenvalue weighted by Gasteiger charge is -2.23. The van der Waals surface area contributed by atoms with Gasteiger partial charge in [-0.3, -0.25) is 4.79 Å². The molecule has 1 heterocycles. The lowest BCUT2D eigenvalue weighted by molar-refractivity contribution is 0.0438. The van der Waals surface area contributed by atoms with E-state index in [4.69, 9.17) is 0 Å². The summed E-state index contributed by atoms with van der Waals surface area (Å²) < 4.78 is 0. The third-order valence-electron chi connectivity index (χ3n) is 4.19. The molecule has 0 radical (unpaired) electrons. The Morgan fingerprint density at radius 1 is 1.38 bits per heavy atom. The van der Waals surface area contributed by atoms with Crippen LogP contribution in [-0.4, -0.2) is 41.1 Å². The van der Waals surface area contributed by atoms with E-state index in [1.54, 1.807) is 0 Å². The Hall–Kier alpha value is -1.55. The minimum absolute atomic E-state index is 0.0684. The third kappa shape index (κ3) is 3.97. The van der Waals surface area contributed by atoms with Gasteiger partial charge in [0.1, 0.15) is 0 Å². The Kier molecular flexibility index (Phi) is 4.88. The summed E-state index contributed by atoms with van der Waals surface area (Å²) in [5, 5.41) is 13.4. The summed E-state index contributed by atoms with van der Waals surface area (Å²) in [5.41, 5.74) is 2.26. The fraction of sp³-hybridized carbons (Fsp3) is 0.588. The number of rotatable bonds is 3. The average Bonchev–Trinajstić information content (AvgIpc) is 2.61. The molecule has 1 aromatic rings. The van der Waals surface area contributed by atoms with Gasteiger partial charge in [-0.1, -0.05) is 0 Å². The number of likely N-dealkylation sites (tertiary alicyclic amines) is 1. The second-order valence-electron chi connectivity index (χ2n) is 6.20. The fourth-order valence-corrected chi connectivity index (χ4v) is 2.83. The molecule has 0 saturated carbocycles. The standard InChI is InChI=1S/C17H26N2O2/c1-4-18-15-7-6-14(12-13(15)2)16(20)19-10-5-8-17(3,21)9-11-19/h6-7,12,18,21H,4-5,8-11H2,1-3H3. The van der Waals surface area contributed by atoms with E-state index in [0.29, 0.717) is 13.0 Å². The van der Waals surface area contributed by atoms with Crippen LogP contribution >= 0.6 is 0 Å². The second-order valence-corrected chi connectivity index (χ2v) is 6.20. The zero-order chi connectivity index (χ0) is 15.5. The molecule has 116 valence electrons. The molecule has 21 heavy (non-hydrogen) atoms. The average molecular weight is 290 g/mol. The van der Waals surface area contributed by atoms with Crippen LogP contribution in [0.2, 0.25) is 0 Å². The van der Waals surface area contributed by atoms with E-state index in [0.717, 1.165) is 42.7 Å². The summed E-state index contributed by atoms with van der Waals surface area (Å²) in [7, 11) is 0. The van der Waals surface area contributed by atoms with Crippen molar-refractivity contribution in [2.75, 3.05) is 25.0 Å². The highest BCUT2D eigenvalue weighted by Gasteiger charge is 2.27. The van der Waals surface area contributed by atoms with Crippen LogP contribution in [0.4, 0.5) is 5.69 Å². The van der Waals surface area contributed by atoms with Gasteiger partial charge < -0.3 is 15.3 Å². The number of hydrogen-bond acceptors (Lipinski definition) is 3. The third-order valence-corrected chi connectivity index (χ3v) is 4.19. The number of nitrogens with one attached hydrogen (secondary N) is 1. The molecule has 4 nitrogen and oxygen atoms in total. The van der Waals surface area contributed by atoms with Gasteiger partial charge in [-0.05, 0) is 63.8 Å². The predicted molar refractivity (Wildman–Crippen MR) is 85.7 cm³/mol. The number of benzene rings is 1. The molecule has 1 fully saturated rings. The smallest absolute Gasteiger partial charge is 0.253 e. The van der Waals surface area contributed by atoms with Crippen LogP contribution in [0.15, 0.2) is 18.2 Å². The van der Waals surface area contributed by atoms with Crippen molar-refractivity contribution in [2.45, 2.75) is 45.6 Å². The van der Waals surface area contributed by atoms with E-state index in [-0.39, 0.29) is 5.91 Å². The van der Waals surface area contributed by atoms with E-state index in [1.807, 2.05) is 36.9 Å². The first-order chi connectivity index (χ1) is 9.93. The summed E-state index contributed by atoms with van der Waals surface area (Å²) >= 11 is 0. The van der Waals surface area contributed by atoms with Crippen LogP contribution in [0.5, 0.6) is 0 Å². The van der Waals surface area contributed by atoms with Crippen molar-refractivity contribution < 1.29 is 9.90 Å². The number of amides is 1. The molecule has 2 rings (SSSR count). The molecule has 1 aromatic carbocycles. The Bertz CT molecular complexity index is 512. The van der Waals surface area contributed by atoms with Gasteiger partial charge in [0.25, 0.3) is 5.91 Å². The van der Waals surface area contributed by atoms with E-state index >= 15 is 0 Å². The van der Waals surface area contributed by atoms with Crippen molar-refractivity contribution in [3.63, 3.8) is 0 Å². The number of aryl methyl sites for hydroxylation is 1. The van der Waals surface area contributed by atoms with Crippen molar-refractivity contribution in [2.24, 2.45) is 0 Å². The summed E-state index contributed by atoms with van der Waals surface area (Å²) in [5.74, 6) is 0.0684. The van der Waals surface area contributed by atoms with Gasteiger partial charge >= 0.3 is 0 Å². The van der Waals surface area contributed by atoms with Crippen molar-refractivity contribution >= 4 is 11.6 Å². The number of nitrogens with zero attached hydrogens (tertiary/aromatic N) is 1. The largest absolute Gasteiger partial charge is 0.390 e. The zero-order valence-electron chi connectivity index (χ0n) is 13.3. The SMILES string of the molecule is CCNc1ccc(C(=O)N2CCCC(C)(O)CC2)cc1C. The molecule has 1 unspecified atom stereocenters. The maximum absolute atomic E-state index is 12.6. The maximum atomic E-state index is 12.6. The molecule has 2 N–H and O–H groups in total. The first-order valence-corrected chi connectivity index (χ1v) is 7.79. The molecule has 0 bridgehead atoms. The molecule has 0 aromatic heterocycles. The minimum atomic E-state index is -0.639. The molecular formula is C17H26N2O2. The van der Waals surface area contributed by atoms with Crippen molar-refractivity contribution in [1.82, 2.24) is 4.90 Å². The molecule has 0 aliphatic carbocycles. The molecule has 1 saturated heterocycles. The fourth-order valence-electron chi connectivity index (χ4n) is 2.83. The van der Waals surface area contributed by atoms with Gasteiger partial charge in [-0.25, -0.2) is 0 Å². The zero-order valence-corrected chi connectivity index (χ0v) is 13.3. The molecule has 1 amide bonds. The molecule has 1 atom stereocenters. The van der Waals surface area contributed by atoms with E-state index < -0.39 is 5.60 Å². The predicted octanol–water partition coefficient (Wildman–Crippen LogP) is 2.80. The van der Waals surface area contributed by atoms with E-state index in [1.165, 1.54) is 0 Å². The second kappa shape index (κ2) is 6.48. The molecule has 0 spiro atoms. The normalized spacial score (nSPS) is 22.8. The summed E-state index contributed by atoms with van der Waals surface area (Å²) in [6.45, 7) is 8.15. The highest BCUT2D eigenvalue weighted by atomic mass is 16.3. The number of aliphatic hydroxyl groups is 1. The Morgan fingerprint density at radius 3 is 2.81 bits per heavy atom. The van der Waals surface area contributed by atoms with Crippen molar-refractivity contribution in [3.05, 3.63) is 29.3 Å². The highest BCUT2D eigenvalue weighted by Crippen LogP contribution is 2.23. The topological polar surface area (TPSA) is 52.6 Å². The van der Waals surface area contributed by atoms with Gasteiger partial charge in [-0.2, -0.15) is 0 Å². The summed E-state index contributed by atoms with van der Waals surface area (Å²) in [6, 6.07) is 5.81. The van der Waals surface area contributed by atoms with Gasteiger partial charge in [0, 0.05) is 30.9 Å². The van der Waals surface area contributed by atoms with Crippen LogP contribution in [0.25, 0.3) is 0 Å². The number of anilines is 1. The molecule has 1 aliphatic rings. The summed E-state index contributed by atoms with van der Waals surface area (Å²) in [6.07, 6.45) is 2.26.